The lowest BCUT2D eigenvalue weighted by atomic mass is 10.1. The molecule has 3 aromatic rings. The summed E-state index contributed by atoms with van der Waals surface area (Å²) >= 11 is 1.52. The molecule has 1 unspecified atom stereocenters. The Bertz CT molecular complexity index is 1300. The minimum absolute atomic E-state index is 0.0972. The number of benzene rings is 3. The third-order valence-corrected chi connectivity index (χ3v) is 8.19. The van der Waals surface area contributed by atoms with Crippen molar-refractivity contribution in [1.29, 1.82) is 0 Å². The second-order valence-corrected chi connectivity index (χ2v) is 10.8. The molecule has 0 radical (unpaired) electrons. The van der Waals surface area contributed by atoms with Gasteiger partial charge in [0, 0.05) is 4.90 Å². The number of nitrogens with one attached hydrogen (secondary N) is 1. The maximum atomic E-state index is 13.7. The van der Waals surface area contributed by atoms with Crippen LogP contribution in [0.25, 0.3) is 0 Å². The summed E-state index contributed by atoms with van der Waals surface area (Å²) in [6, 6.07) is 18.2. The fourth-order valence-corrected chi connectivity index (χ4v) is 5.52. The van der Waals surface area contributed by atoms with Gasteiger partial charge in [-0.25, -0.2) is 8.42 Å². The summed E-state index contributed by atoms with van der Waals surface area (Å²) < 4.78 is 44.6. The maximum absolute atomic E-state index is 13.7. The van der Waals surface area contributed by atoms with Crippen LogP contribution in [0.5, 0.6) is 17.2 Å². The molecule has 0 bridgehead atoms. The minimum Gasteiger partial charge on any atom is -0.494 e. The molecule has 10 heteroatoms. The molecule has 0 saturated carbocycles. The van der Waals surface area contributed by atoms with Crippen molar-refractivity contribution < 1.29 is 27.4 Å². The van der Waals surface area contributed by atoms with Crippen molar-refractivity contribution >= 4 is 33.4 Å². The molecule has 0 fully saturated rings. The number of sulfonamides is 1. The van der Waals surface area contributed by atoms with Crippen molar-refractivity contribution in [2.75, 3.05) is 37.9 Å². The van der Waals surface area contributed by atoms with Gasteiger partial charge in [-0.1, -0.05) is 6.07 Å². The van der Waals surface area contributed by atoms with Gasteiger partial charge < -0.3 is 19.5 Å². The first-order valence-electron chi connectivity index (χ1n) is 11.6. The molecule has 8 nitrogen and oxygen atoms in total. The molecule has 198 valence electrons. The zero-order valence-corrected chi connectivity index (χ0v) is 23.2. The molecule has 1 amide bonds. The number of hydrogen-bond donors (Lipinski definition) is 1. The zero-order chi connectivity index (χ0) is 27.0. The summed E-state index contributed by atoms with van der Waals surface area (Å²) in [5.41, 5.74) is 1.14. The van der Waals surface area contributed by atoms with Crippen molar-refractivity contribution in [2.24, 2.45) is 0 Å². The summed E-state index contributed by atoms with van der Waals surface area (Å²) in [5, 5.41) is 2.89. The first-order chi connectivity index (χ1) is 17.7. The van der Waals surface area contributed by atoms with Gasteiger partial charge in [0.1, 0.15) is 12.3 Å². The molecule has 0 saturated heterocycles. The normalized spacial score (nSPS) is 11.9. The summed E-state index contributed by atoms with van der Waals surface area (Å²) in [7, 11) is -0.947. The number of amides is 1. The van der Waals surface area contributed by atoms with Crippen LogP contribution in [0.3, 0.4) is 0 Å². The lowest BCUT2D eigenvalue weighted by Gasteiger charge is -2.25. The standard InChI is InChI=1S/C27H32N2O6S2/c1-6-35-22-10-8-21(9-11-22)29(37(31,32)24-14-12-23(36-5)13-15-24)18-27(30)28-19(2)20-7-16-25(33-3)26(17-20)34-4/h7-17,19H,6,18H2,1-5H3,(H,28,30). The topological polar surface area (TPSA) is 94.2 Å². The smallest absolute Gasteiger partial charge is 0.264 e. The van der Waals surface area contributed by atoms with E-state index in [1.165, 1.54) is 18.9 Å². The second-order valence-electron chi connectivity index (χ2n) is 8.02. The van der Waals surface area contributed by atoms with E-state index in [-0.39, 0.29) is 4.90 Å². The molecule has 37 heavy (non-hydrogen) atoms. The number of nitrogens with zero attached hydrogens (tertiary/aromatic N) is 1. The predicted molar refractivity (Wildman–Crippen MR) is 146 cm³/mol. The van der Waals surface area contributed by atoms with E-state index in [0.717, 1.165) is 14.8 Å². The molecule has 3 aromatic carbocycles. The lowest BCUT2D eigenvalue weighted by Crippen LogP contribution is -2.41. The number of hydrogen-bond acceptors (Lipinski definition) is 7. The van der Waals surface area contributed by atoms with Gasteiger partial charge >= 0.3 is 0 Å². The molecule has 1 atom stereocenters. The monoisotopic (exact) mass is 544 g/mol. The van der Waals surface area contributed by atoms with Crippen LogP contribution >= 0.6 is 11.8 Å². The predicted octanol–water partition coefficient (Wildman–Crippen LogP) is 4.90. The van der Waals surface area contributed by atoms with E-state index < -0.39 is 28.5 Å². The Morgan fingerprint density at radius 1 is 0.973 bits per heavy atom. The van der Waals surface area contributed by atoms with E-state index in [9.17, 15) is 13.2 Å². The van der Waals surface area contributed by atoms with Gasteiger partial charge in [-0.3, -0.25) is 9.10 Å². The number of methoxy groups -OCH3 is 2. The quantitative estimate of drug-likeness (QED) is 0.324. The van der Waals surface area contributed by atoms with Gasteiger partial charge in [0.05, 0.1) is 37.5 Å². The summed E-state index contributed by atoms with van der Waals surface area (Å²) in [6.07, 6.45) is 1.92. The molecule has 0 aliphatic rings. The van der Waals surface area contributed by atoms with Gasteiger partial charge in [0.2, 0.25) is 5.91 Å². The fraction of sp³-hybridized carbons (Fsp3) is 0.296. The summed E-state index contributed by atoms with van der Waals surface area (Å²) in [4.78, 5) is 14.2. The lowest BCUT2D eigenvalue weighted by molar-refractivity contribution is -0.120. The number of anilines is 1. The molecule has 0 spiro atoms. The molecule has 0 aliphatic heterocycles. The Labute approximate surface area is 223 Å². The molecule has 1 N–H and O–H groups in total. The van der Waals surface area contributed by atoms with Gasteiger partial charge in [0.15, 0.2) is 11.5 Å². The van der Waals surface area contributed by atoms with Crippen molar-refractivity contribution in [3.8, 4) is 17.2 Å². The molecule has 3 rings (SSSR count). The van der Waals surface area contributed by atoms with Crippen LogP contribution < -0.4 is 23.8 Å². The van der Waals surface area contributed by atoms with Gasteiger partial charge in [-0.05, 0) is 86.3 Å². The highest BCUT2D eigenvalue weighted by Crippen LogP contribution is 2.30. The highest BCUT2D eigenvalue weighted by Gasteiger charge is 2.28. The number of carbonyl (C=O) groups is 1. The first-order valence-corrected chi connectivity index (χ1v) is 14.3. The SMILES string of the molecule is CCOc1ccc(N(CC(=O)NC(C)c2ccc(OC)c(OC)c2)S(=O)(=O)c2ccc(SC)cc2)cc1. The number of rotatable bonds is 12. The number of carbonyl (C=O) groups excluding carboxylic acids is 1. The Hall–Kier alpha value is -3.37. The highest BCUT2D eigenvalue weighted by molar-refractivity contribution is 7.98. The Balaban J connectivity index is 1.88. The van der Waals surface area contributed by atoms with E-state index in [1.54, 1.807) is 67.8 Å². The van der Waals surface area contributed by atoms with Crippen LogP contribution in [-0.4, -0.2) is 48.0 Å². The number of ether oxygens (including phenoxy) is 3. The van der Waals surface area contributed by atoms with E-state index in [4.69, 9.17) is 14.2 Å². The van der Waals surface area contributed by atoms with E-state index in [1.807, 2.05) is 26.2 Å². The molecule has 0 heterocycles. The number of thioether (sulfide) groups is 1. The van der Waals surface area contributed by atoms with Crippen LogP contribution in [0, 0.1) is 0 Å². The van der Waals surface area contributed by atoms with Gasteiger partial charge in [-0.2, -0.15) is 0 Å². The molecular formula is C27H32N2O6S2. The fourth-order valence-electron chi connectivity index (χ4n) is 3.69. The van der Waals surface area contributed by atoms with Crippen molar-refractivity contribution in [3.05, 3.63) is 72.3 Å². The van der Waals surface area contributed by atoms with E-state index in [2.05, 4.69) is 5.32 Å². The van der Waals surface area contributed by atoms with Crippen LogP contribution in [0.1, 0.15) is 25.5 Å². The average Bonchev–Trinajstić information content (AvgIpc) is 2.91. The molecule has 0 aliphatic carbocycles. The van der Waals surface area contributed by atoms with Crippen molar-refractivity contribution in [3.63, 3.8) is 0 Å². The van der Waals surface area contributed by atoms with Crippen molar-refractivity contribution in [2.45, 2.75) is 29.7 Å². The third-order valence-electron chi connectivity index (χ3n) is 5.66. The minimum atomic E-state index is -4.03. The first kappa shape index (κ1) is 28.2. The maximum Gasteiger partial charge on any atom is 0.264 e. The average molecular weight is 545 g/mol. The van der Waals surface area contributed by atoms with Crippen LogP contribution in [0.2, 0.25) is 0 Å². The Morgan fingerprint density at radius 2 is 1.62 bits per heavy atom. The third kappa shape index (κ3) is 6.90. The van der Waals surface area contributed by atoms with E-state index >= 15 is 0 Å². The Kier molecular flexibility index (Phi) is 9.71. The second kappa shape index (κ2) is 12.7. The zero-order valence-electron chi connectivity index (χ0n) is 21.6. The van der Waals surface area contributed by atoms with Crippen molar-refractivity contribution in [1.82, 2.24) is 5.32 Å². The van der Waals surface area contributed by atoms with Crippen LogP contribution in [-0.2, 0) is 14.8 Å². The summed E-state index contributed by atoms with van der Waals surface area (Å²) in [6.45, 7) is 3.76. The Morgan fingerprint density at radius 3 is 2.19 bits per heavy atom. The largest absolute Gasteiger partial charge is 0.494 e. The van der Waals surface area contributed by atoms with Crippen LogP contribution in [0.15, 0.2) is 76.5 Å². The molecule has 0 aromatic heterocycles. The highest BCUT2D eigenvalue weighted by atomic mass is 32.2. The van der Waals surface area contributed by atoms with E-state index in [0.29, 0.717) is 29.5 Å². The summed E-state index contributed by atoms with van der Waals surface area (Å²) in [5.74, 6) is 1.26. The molecular weight excluding hydrogens is 512 g/mol. The van der Waals surface area contributed by atoms with Gasteiger partial charge in [0.25, 0.3) is 10.0 Å². The van der Waals surface area contributed by atoms with Gasteiger partial charge in [-0.15, -0.1) is 11.8 Å². The van der Waals surface area contributed by atoms with Crippen LogP contribution in [0.4, 0.5) is 5.69 Å².